The maximum absolute atomic E-state index is 12.4. The molecule has 0 bridgehead atoms. The third-order valence-electron chi connectivity index (χ3n) is 4.80. The molecule has 2 aromatic rings. The fourth-order valence-electron chi connectivity index (χ4n) is 3.25. The summed E-state index contributed by atoms with van der Waals surface area (Å²) in [6, 6.07) is 9.30. The lowest BCUT2D eigenvalue weighted by molar-refractivity contribution is 0.0394. The highest BCUT2D eigenvalue weighted by Crippen LogP contribution is 2.15. The highest BCUT2D eigenvalue weighted by Gasteiger charge is 2.18. The molecule has 1 aliphatic rings. The van der Waals surface area contributed by atoms with Crippen LogP contribution in [0.15, 0.2) is 44.9 Å². The summed E-state index contributed by atoms with van der Waals surface area (Å²) < 4.78 is 6.50. The SMILES string of the molecule is CCC(=NCCN1CCOCC1)c1c(O)n(Cc2ccccc2)c(=O)[nH]c1=O. The van der Waals surface area contributed by atoms with E-state index in [2.05, 4.69) is 14.9 Å². The van der Waals surface area contributed by atoms with Crippen LogP contribution in [-0.4, -0.2) is 64.7 Å². The zero-order valence-electron chi connectivity index (χ0n) is 16.1. The predicted molar refractivity (Wildman–Crippen MR) is 107 cm³/mol. The predicted octanol–water partition coefficient (Wildman–Crippen LogP) is 0.822. The maximum Gasteiger partial charge on any atom is 0.331 e. The zero-order valence-corrected chi connectivity index (χ0v) is 16.1. The lowest BCUT2D eigenvalue weighted by Crippen LogP contribution is -2.38. The molecular weight excluding hydrogens is 360 g/mol. The lowest BCUT2D eigenvalue weighted by Gasteiger charge is -2.25. The smallest absolute Gasteiger partial charge is 0.331 e. The van der Waals surface area contributed by atoms with E-state index in [-0.39, 0.29) is 18.0 Å². The molecule has 0 amide bonds. The highest BCUT2D eigenvalue weighted by molar-refractivity contribution is 6.01. The molecule has 150 valence electrons. The molecule has 8 nitrogen and oxygen atoms in total. The standard InChI is InChI=1S/C20H26N4O4/c1-2-16(21-8-9-23-10-12-28-13-11-23)17-18(25)22-20(27)24(19(17)26)14-15-6-4-3-5-7-15/h3-7,26H,2,8-14H2,1H3,(H,22,25,27). The molecule has 0 spiro atoms. The minimum Gasteiger partial charge on any atom is -0.494 e. The average molecular weight is 386 g/mol. The molecule has 3 rings (SSSR count). The van der Waals surface area contributed by atoms with Gasteiger partial charge in [-0.05, 0) is 12.0 Å². The highest BCUT2D eigenvalue weighted by atomic mass is 16.5. The van der Waals surface area contributed by atoms with E-state index in [0.29, 0.717) is 18.7 Å². The molecule has 8 heteroatoms. The first-order valence-electron chi connectivity index (χ1n) is 9.54. The second-order valence-electron chi connectivity index (χ2n) is 6.67. The second kappa shape index (κ2) is 9.48. The Balaban J connectivity index is 1.86. The summed E-state index contributed by atoms with van der Waals surface area (Å²) in [5.41, 5.74) is 0.159. The van der Waals surface area contributed by atoms with Gasteiger partial charge in [0.25, 0.3) is 5.56 Å². The van der Waals surface area contributed by atoms with E-state index in [1.165, 1.54) is 4.57 Å². The third kappa shape index (κ3) is 4.76. The topological polar surface area (TPSA) is 99.9 Å². The Labute approximate surface area is 163 Å². The number of H-pyrrole nitrogens is 1. The summed E-state index contributed by atoms with van der Waals surface area (Å²) in [6.07, 6.45) is 0.475. The quantitative estimate of drug-likeness (QED) is 0.687. The molecule has 1 saturated heterocycles. The van der Waals surface area contributed by atoms with Crippen molar-refractivity contribution >= 4 is 5.71 Å². The van der Waals surface area contributed by atoms with Crippen molar-refractivity contribution in [2.24, 2.45) is 4.99 Å². The van der Waals surface area contributed by atoms with Gasteiger partial charge in [-0.2, -0.15) is 0 Å². The number of aliphatic imine (C=N–C) groups is 1. The van der Waals surface area contributed by atoms with Gasteiger partial charge in [-0.25, -0.2) is 4.79 Å². The minimum atomic E-state index is -0.640. The average Bonchev–Trinajstić information content (AvgIpc) is 2.71. The zero-order chi connectivity index (χ0) is 19.9. The van der Waals surface area contributed by atoms with Crippen LogP contribution < -0.4 is 11.2 Å². The molecule has 28 heavy (non-hydrogen) atoms. The largest absolute Gasteiger partial charge is 0.494 e. The summed E-state index contributed by atoms with van der Waals surface area (Å²) in [6.45, 7) is 6.48. The number of ether oxygens (including phenoxy) is 1. The van der Waals surface area contributed by atoms with Crippen molar-refractivity contribution in [3.63, 3.8) is 0 Å². The van der Waals surface area contributed by atoms with E-state index < -0.39 is 11.2 Å². The van der Waals surface area contributed by atoms with Crippen LogP contribution in [0.25, 0.3) is 0 Å². The van der Waals surface area contributed by atoms with Crippen molar-refractivity contribution in [2.75, 3.05) is 39.4 Å². The van der Waals surface area contributed by atoms with Crippen LogP contribution in [0, 0.1) is 0 Å². The summed E-state index contributed by atoms with van der Waals surface area (Å²) in [5.74, 6) is -0.343. The van der Waals surface area contributed by atoms with Gasteiger partial charge >= 0.3 is 5.69 Å². The Hall–Kier alpha value is -2.71. The molecule has 2 N–H and O–H groups in total. The van der Waals surface area contributed by atoms with Crippen molar-refractivity contribution < 1.29 is 9.84 Å². The molecule has 1 fully saturated rings. The number of aromatic amines is 1. The number of rotatable bonds is 7. The van der Waals surface area contributed by atoms with Gasteiger partial charge in [0.05, 0.1) is 32.0 Å². The Morgan fingerprint density at radius 1 is 1.21 bits per heavy atom. The van der Waals surface area contributed by atoms with Crippen LogP contribution in [0.4, 0.5) is 0 Å². The Morgan fingerprint density at radius 2 is 1.93 bits per heavy atom. The minimum absolute atomic E-state index is 0.0695. The number of nitrogens with one attached hydrogen (secondary N) is 1. The summed E-state index contributed by atoms with van der Waals surface area (Å²) >= 11 is 0. The molecule has 2 heterocycles. The first-order chi connectivity index (χ1) is 13.6. The molecular formula is C20H26N4O4. The monoisotopic (exact) mass is 386 g/mol. The summed E-state index contributed by atoms with van der Waals surface area (Å²) in [4.78, 5) is 33.7. The Kier molecular flexibility index (Phi) is 6.78. The second-order valence-corrected chi connectivity index (χ2v) is 6.67. The lowest BCUT2D eigenvalue weighted by atomic mass is 10.1. The molecule has 0 saturated carbocycles. The summed E-state index contributed by atoms with van der Waals surface area (Å²) in [5, 5.41) is 10.7. The normalized spacial score (nSPS) is 15.7. The Morgan fingerprint density at radius 3 is 2.61 bits per heavy atom. The first-order valence-corrected chi connectivity index (χ1v) is 9.54. The molecule has 1 aromatic carbocycles. The van der Waals surface area contributed by atoms with Gasteiger partial charge < -0.3 is 9.84 Å². The molecule has 0 atom stereocenters. The molecule has 1 aliphatic heterocycles. The van der Waals surface area contributed by atoms with Crippen molar-refractivity contribution in [1.82, 2.24) is 14.5 Å². The van der Waals surface area contributed by atoms with Gasteiger partial charge in [0, 0.05) is 19.6 Å². The maximum atomic E-state index is 12.4. The van der Waals surface area contributed by atoms with Crippen molar-refractivity contribution in [3.05, 3.63) is 62.3 Å². The van der Waals surface area contributed by atoms with Crippen LogP contribution in [0.3, 0.4) is 0 Å². The fourth-order valence-corrected chi connectivity index (χ4v) is 3.25. The van der Waals surface area contributed by atoms with Gasteiger partial charge in [0.2, 0.25) is 5.88 Å². The van der Waals surface area contributed by atoms with E-state index in [0.717, 1.165) is 38.4 Å². The van der Waals surface area contributed by atoms with Crippen LogP contribution in [-0.2, 0) is 11.3 Å². The van der Waals surface area contributed by atoms with E-state index >= 15 is 0 Å². The van der Waals surface area contributed by atoms with Crippen LogP contribution >= 0.6 is 0 Å². The molecule has 0 aliphatic carbocycles. The first kappa shape index (κ1) is 20.0. The van der Waals surface area contributed by atoms with Crippen LogP contribution in [0.1, 0.15) is 24.5 Å². The number of aromatic hydroxyl groups is 1. The van der Waals surface area contributed by atoms with Crippen LogP contribution in [0.2, 0.25) is 0 Å². The van der Waals surface area contributed by atoms with Crippen molar-refractivity contribution in [3.8, 4) is 5.88 Å². The molecule has 0 radical (unpaired) electrons. The van der Waals surface area contributed by atoms with Crippen LogP contribution in [0.5, 0.6) is 5.88 Å². The Bertz CT molecular complexity index is 927. The van der Waals surface area contributed by atoms with Gasteiger partial charge in [-0.3, -0.25) is 24.2 Å². The van der Waals surface area contributed by atoms with Gasteiger partial charge in [-0.15, -0.1) is 0 Å². The number of nitrogens with zero attached hydrogens (tertiary/aromatic N) is 3. The van der Waals surface area contributed by atoms with E-state index in [1.54, 1.807) is 0 Å². The fraction of sp³-hybridized carbons (Fsp3) is 0.450. The van der Waals surface area contributed by atoms with Gasteiger partial charge in [-0.1, -0.05) is 37.3 Å². The number of morpholine rings is 1. The van der Waals surface area contributed by atoms with E-state index in [4.69, 9.17) is 4.74 Å². The van der Waals surface area contributed by atoms with Crippen molar-refractivity contribution in [1.29, 1.82) is 0 Å². The number of hydrogen-bond donors (Lipinski definition) is 2. The van der Waals surface area contributed by atoms with Crippen molar-refractivity contribution in [2.45, 2.75) is 19.9 Å². The third-order valence-corrected chi connectivity index (χ3v) is 4.80. The van der Waals surface area contributed by atoms with Gasteiger partial charge in [0.15, 0.2) is 0 Å². The number of hydrogen-bond acceptors (Lipinski definition) is 6. The summed E-state index contributed by atoms with van der Waals surface area (Å²) in [7, 11) is 0. The number of aromatic nitrogens is 2. The number of benzene rings is 1. The van der Waals surface area contributed by atoms with Gasteiger partial charge in [0.1, 0.15) is 5.56 Å². The van der Waals surface area contributed by atoms with E-state index in [1.807, 2.05) is 37.3 Å². The molecule has 0 unspecified atom stereocenters. The molecule has 1 aromatic heterocycles. The van der Waals surface area contributed by atoms with E-state index in [9.17, 15) is 14.7 Å².